The molecule has 2 saturated heterocycles. The quantitative estimate of drug-likeness (QED) is 0.787. The minimum Gasteiger partial charge on any atom is -0.433 e. The van der Waals surface area contributed by atoms with Gasteiger partial charge < -0.3 is 9.47 Å². The fraction of sp³-hybridized carbons (Fsp3) is 0.857. The van der Waals surface area contributed by atoms with Crippen molar-refractivity contribution in [2.75, 3.05) is 7.05 Å². The highest BCUT2D eigenvalue weighted by atomic mass is 16.6. The number of amides is 2. The van der Waals surface area contributed by atoms with Crippen LogP contribution in [0.15, 0.2) is 0 Å². The average Bonchev–Trinajstić information content (AvgIpc) is 2.82. The van der Waals surface area contributed by atoms with Crippen LogP contribution >= 0.6 is 0 Å². The summed E-state index contributed by atoms with van der Waals surface area (Å²) < 4.78 is 11.2. The van der Waals surface area contributed by atoms with Crippen LogP contribution in [-0.4, -0.2) is 42.3 Å². The molecule has 108 valence electrons. The highest BCUT2D eigenvalue weighted by Crippen LogP contribution is 2.40. The van der Waals surface area contributed by atoms with Gasteiger partial charge in [-0.2, -0.15) is 0 Å². The van der Waals surface area contributed by atoms with Crippen LogP contribution in [0.4, 0.5) is 4.79 Å². The summed E-state index contributed by atoms with van der Waals surface area (Å²) in [6.07, 6.45) is -0.514. The molecule has 2 rings (SSSR count). The summed E-state index contributed by atoms with van der Waals surface area (Å²) in [4.78, 5) is 24.5. The fourth-order valence-electron chi connectivity index (χ4n) is 2.99. The lowest BCUT2D eigenvalue weighted by Crippen LogP contribution is -2.38. The van der Waals surface area contributed by atoms with Crippen molar-refractivity contribution < 1.29 is 19.1 Å². The van der Waals surface area contributed by atoms with Crippen molar-refractivity contribution in [3.8, 4) is 0 Å². The minimum atomic E-state index is -0.774. The normalized spacial score (nSPS) is 40.7. The molecule has 0 spiro atoms. The molecule has 0 bridgehead atoms. The molecule has 0 radical (unpaired) electrons. The SMILES string of the molecule is CCC(C)C1OC(C2OC(=O)N(C)C2=O)C(C)C1C. The lowest BCUT2D eigenvalue weighted by molar-refractivity contribution is -0.136. The number of carbonyl (C=O) groups excluding carboxylic acids is 2. The second-order valence-corrected chi connectivity index (χ2v) is 5.87. The highest BCUT2D eigenvalue weighted by Gasteiger charge is 2.52. The molecule has 0 aromatic carbocycles. The van der Waals surface area contributed by atoms with Gasteiger partial charge in [-0.3, -0.25) is 4.79 Å². The predicted octanol–water partition coefficient (Wildman–Crippen LogP) is 2.05. The summed E-state index contributed by atoms with van der Waals surface area (Å²) in [6, 6.07) is 0. The lowest BCUT2D eigenvalue weighted by Gasteiger charge is -2.22. The second-order valence-electron chi connectivity index (χ2n) is 5.87. The largest absolute Gasteiger partial charge is 0.433 e. The van der Waals surface area contributed by atoms with Gasteiger partial charge in [0.05, 0.1) is 6.10 Å². The molecule has 5 heteroatoms. The van der Waals surface area contributed by atoms with Crippen molar-refractivity contribution in [1.82, 2.24) is 4.90 Å². The smallest absolute Gasteiger partial charge is 0.417 e. The molecule has 0 N–H and O–H groups in total. The van der Waals surface area contributed by atoms with Gasteiger partial charge in [-0.25, -0.2) is 9.69 Å². The minimum absolute atomic E-state index is 0.127. The molecule has 2 amide bonds. The van der Waals surface area contributed by atoms with Crippen molar-refractivity contribution in [2.24, 2.45) is 17.8 Å². The maximum Gasteiger partial charge on any atom is 0.417 e. The molecule has 0 aliphatic carbocycles. The van der Waals surface area contributed by atoms with E-state index in [9.17, 15) is 9.59 Å². The number of likely N-dealkylation sites (N-methyl/N-ethyl adjacent to an activating group) is 1. The van der Waals surface area contributed by atoms with E-state index in [1.165, 1.54) is 7.05 Å². The van der Waals surface area contributed by atoms with Crippen molar-refractivity contribution in [3.05, 3.63) is 0 Å². The van der Waals surface area contributed by atoms with Crippen LogP contribution in [0, 0.1) is 17.8 Å². The Morgan fingerprint density at radius 1 is 1.26 bits per heavy atom. The lowest BCUT2D eigenvalue weighted by atomic mass is 9.83. The number of imide groups is 1. The molecule has 2 heterocycles. The summed E-state index contributed by atoms with van der Waals surface area (Å²) in [5.41, 5.74) is 0. The van der Waals surface area contributed by atoms with Crippen molar-refractivity contribution in [1.29, 1.82) is 0 Å². The standard InChI is InChI=1S/C14H23NO4/c1-6-7(2)10-8(3)9(4)11(18-10)12-13(16)15(5)14(17)19-12/h7-12H,6H2,1-5H3. The Bertz CT molecular complexity index is 384. The Hall–Kier alpha value is -1.10. The molecule has 0 saturated carbocycles. The van der Waals surface area contributed by atoms with Gasteiger partial charge in [0, 0.05) is 7.05 Å². The molecule has 5 nitrogen and oxygen atoms in total. The number of carbonyl (C=O) groups is 2. The number of hydrogen-bond acceptors (Lipinski definition) is 4. The summed E-state index contributed by atoms with van der Waals surface area (Å²) in [6.45, 7) is 8.50. The van der Waals surface area contributed by atoms with Crippen LogP contribution in [-0.2, 0) is 14.3 Å². The van der Waals surface area contributed by atoms with E-state index < -0.39 is 12.2 Å². The molecular formula is C14H23NO4. The van der Waals surface area contributed by atoms with Gasteiger partial charge in [0.25, 0.3) is 5.91 Å². The Morgan fingerprint density at radius 2 is 1.89 bits per heavy atom. The maximum absolute atomic E-state index is 12.0. The van der Waals surface area contributed by atoms with Crippen molar-refractivity contribution >= 4 is 12.0 Å². The first-order valence-electron chi connectivity index (χ1n) is 7.02. The summed E-state index contributed by atoms with van der Waals surface area (Å²) in [5.74, 6) is 0.704. The van der Waals surface area contributed by atoms with Crippen LogP contribution in [0.3, 0.4) is 0 Å². The van der Waals surface area contributed by atoms with E-state index in [4.69, 9.17) is 9.47 Å². The first kappa shape index (κ1) is 14.3. The Labute approximate surface area is 114 Å². The van der Waals surface area contributed by atoms with Gasteiger partial charge in [-0.15, -0.1) is 0 Å². The van der Waals surface area contributed by atoms with Crippen LogP contribution in [0.25, 0.3) is 0 Å². The monoisotopic (exact) mass is 269 g/mol. The molecule has 6 unspecified atom stereocenters. The highest BCUT2D eigenvalue weighted by molar-refractivity contribution is 6.00. The van der Waals surface area contributed by atoms with Gasteiger partial charge in [0.15, 0.2) is 0 Å². The van der Waals surface area contributed by atoms with E-state index in [1.807, 2.05) is 0 Å². The first-order valence-corrected chi connectivity index (χ1v) is 7.02. The van der Waals surface area contributed by atoms with Gasteiger partial charge in [0.2, 0.25) is 6.10 Å². The van der Waals surface area contributed by atoms with Gasteiger partial charge in [0.1, 0.15) is 6.10 Å². The third-order valence-electron chi connectivity index (χ3n) is 4.76. The maximum atomic E-state index is 12.0. The fourth-order valence-corrected chi connectivity index (χ4v) is 2.99. The van der Waals surface area contributed by atoms with E-state index >= 15 is 0 Å². The molecule has 2 aliphatic rings. The zero-order valence-corrected chi connectivity index (χ0v) is 12.3. The third kappa shape index (κ3) is 2.24. The Kier molecular flexibility index (Phi) is 3.85. The number of rotatable bonds is 3. The average molecular weight is 269 g/mol. The summed E-state index contributed by atoms with van der Waals surface area (Å²) in [5, 5.41) is 0. The number of hydrogen-bond donors (Lipinski definition) is 0. The molecule has 2 fully saturated rings. The first-order chi connectivity index (χ1) is 8.88. The van der Waals surface area contributed by atoms with Crippen molar-refractivity contribution in [2.45, 2.75) is 52.4 Å². The van der Waals surface area contributed by atoms with E-state index in [0.717, 1.165) is 11.3 Å². The van der Waals surface area contributed by atoms with E-state index in [2.05, 4.69) is 27.7 Å². The zero-order chi connectivity index (χ0) is 14.3. The molecule has 2 aliphatic heterocycles. The van der Waals surface area contributed by atoms with Crippen molar-refractivity contribution in [3.63, 3.8) is 0 Å². The molecule has 19 heavy (non-hydrogen) atoms. The van der Waals surface area contributed by atoms with Crippen LogP contribution in [0.1, 0.15) is 34.1 Å². The second kappa shape index (κ2) is 5.12. The summed E-state index contributed by atoms with van der Waals surface area (Å²) in [7, 11) is 1.44. The van der Waals surface area contributed by atoms with Gasteiger partial charge in [-0.05, 0) is 17.8 Å². The predicted molar refractivity (Wildman–Crippen MR) is 69.5 cm³/mol. The van der Waals surface area contributed by atoms with Gasteiger partial charge in [-0.1, -0.05) is 34.1 Å². The van der Waals surface area contributed by atoms with E-state index in [0.29, 0.717) is 11.8 Å². The third-order valence-corrected chi connectivity index (χ3v) is 4.76. The van der Waals surface area contributed by atoms with Crippen LogP contribution < -0.4 is 0 Å². The number of cyclic esters (lactones) is 1. The van der Waals surface area contributed by atoms with Crippen LogP contribution in [0.2, 0.25) is 0 Å². The molecule has 0 aromatic rings. The Morgan fingerprint density at radius 3 is 2.37 bits per heavy atom. The number of ether oxygens (including phenoxy) is 2. The van der Waals surface area contributed by atoms with Crippen LogP contribution in [0.5, 0.6) is 0 Å². The summed E-state index contributed by atoms with van der Waals surface area (Å²) >= 11 is 0. The molecular weight excluding hydrogens is 246 g/mol. The van der Waals surface area contributed by atoms with E-state index in [-0.39, 0.29) is 24.0 Å². The topological polar surface area (TPSA) is 55.8 Å². The molecule has 0 aromatic heterocycles. The Balaban J connectivity index is 2.14. The zero-order valence-electron chi connectivity index (χ0n) is 12.3. The number of nitrogens with zero attached hydrogens (tertiary/aromatic N) is 1. The molecule has 6 atom stereocenters. The van der Waals surface area contributed by atoms with Gasteiger partial charge >= 0.3 is 6.09 Å². The van der Waals surface area contributed by atoms with E-state index in [1.54, 1.807) is 0 Å².